The van der Waals surface area contributed by atoms with Crippen LogP contribution in [-0.2, 0) is 0 Å². The zero-order chi connectivity index (χ0) is 15.2. The summed E-state index contributed by atoms with van der Waals surface area (Å²) in [7, 11) is 1.51. The average molecular weight is 308 g/mol. The van der Waals surface area contributed by atoms with E-state index >= 15 is 0 Å². The molecule has 0 unspecified atom stereocenters. The molecule has 0 spiro atoms. The van der Waals surface area contributed by atoms with Gasteiger partial charge in [0.25, 0.3) is 5.91 Å². The van der Waals surface area contributed by atoms with Gasteiger partial charge in [0.2, 0.25) is 5.88 Å². The summed E-state index contributed by atoms with van der Waals surface area (Å²) in [5.74, 6) is 0.202. The maximum Gasteiger partial charge on any atom is 0.256 e. The molecule has 2 rings (SSSR count). The Hall–Kier alpha value is -1.73. The molecule has 6 nitrogen and oxygen atoms in total. The van der Waals surface area contributed by atoms with Gasteiger partial charge in [0.1, 0.15) is 5.56 Å². The molecule has 2 heterocycles. The molecule has 1 aliphatic heterocycles. The quantitative estimate of drug-likeness (QED) is 0.774. The number of nitrogens with zero attached hydrogens (tertiary/aromatic N) is 2. The molecule has 114 valence electrons. The fourth-order valence-electron chi connectivity index (χ4n) is 2.45. The van der Waals surface area contributed by atoms with Crippen LogP contribution in [0.3, 0.4) is 0 Å². The van der Waals surface area contributed by atoms with E-state index in [2.05, 4.69) is 15.2 Å². The van der Waals surface area contributed by atoms with Crippen LogP contribution >= 0.6 is 12.2 Å². The fourth-order valence-corrected chi connectivity index (χ4v) is 2.63. The van der Waals surface area contributed by atoms with E-state index in [4.69, 9.17) is 22.7 Å². The third-order valence-electron chi connectivity index (χ3n) is 3.51. The highest BCUT2D eigenvalue weighted by atomic mass is 32.1. The van der Waals surface area contributed by atoms with Gasteiger partial charge in [0, 0.05) is 31.9 Å². The molecule has 1 saturated heterocycles. The molecule has 1 fully saturated rings. The molecule has 1 aromatic rings. The van der Waals surface area contributed by atoms with E-state index in [9.17, 15) is 4.79 Å². The highest BCUT2D eigenvalue weighted by Gasteiger charge is 2.22. The Kier molecular flexibility index (Phi) is 5.46. The Morgan fingerprint density at radius 2 is 2.29 bits per heavy atom. The predicted octanol–water partition coefficient (Wildman–Crippen LogP) is 0.571. The molecule has 7 heteroatoms. The molecule has 0 aliphatic carbocycles. The predicted molar refractivity (Wildman–Crippen MR) is 84.5 cm³/mol. The number of amides is 1. The van der Waals surface area contributed by atoms with Gasteiger partial charge < -0.3 is 15.8 Å². The third-order valence-corrected chi connectivity index (χ3v) is 3.64. The van der Waals surface area contributed by atoms with Crippen molar-refractivity contribution < 1.29 is 9.53 Å². The normalized spacial score (nSPS) is 16.4. The number of pyridine rings is 1. The van der Waals surface area contributed by atoms with Crippen LogP contribution in [0.2, 0.25) is 0 Å². The monoisotopic (exact) mass is 308 g/mol. The summed E-state index contributed by atoms with van der Waals surface area (Å²) in [5.41, 5.74) is 6.01. The first-order valence-corrected chi connectivity index (χ1v) is 7.31. The summed E-state index contributed by atoms with van der Waals surface area (Å²) in [5, 5.41) is 3.03. The number of thiocarbonyl (C=S) groups is 1. The van der Waals surface area contributed by atoms with E-state index in [0.717, 1.165) is 25.9 Å². The van der Waals surface area contributed by atoms with Crippen LogP contribution in [0.1, 0.15) is 23.2 Å². The number of carbonyl (C=O) groups is 1. The molecule has 0 bridgehead atoms. The van der Waals surface area contributed by atoms with Gasteiger partial charge in [0.05, 0.1) is 12.1 Å². The summed E-state index contributed by atoms with van der Waals surface area (Å²) in [6, 6.07) is 3.59. The molecule has 0 radical (unpaired) electrons. The lowest BCUT2D eigenvalue weighted by Crippen LogP contribution is -2.46. The van der Waals surface area contributed by atoms with Crippen LogP contribution in [0.25, 0.3) is 0 Å². The molecule has 1 amide bonds. The highest BCUT2D eigenvalue weighted by Crippen LogP contribution is 2.15. The molecule has 1 aliphatic rings. The van der Waals surface area contributed by atoms with E-state index in [1.54, 1.807) is 18.3 Å². The zero-order valence-electron chi connectivity index (χ0n) is 12.0. The summed E-state index contributed by atoms with van der Waals surface area (Å²) in [6.45, 7) is 2.41. The van der Waals surface area contributed by atoms with Crippen molar-refractivity contribution in [3.63, 3.8) is 0 Å². The lowest BCUT2D eigenvalue weighted by atomic mass is 10.0. The van der Waals surface area contributed by atoms with E-state index in [0.29, 0.717) is 23.0 Å². The van der Waals surface area contributed by atoms with Crippen molar-refractivity contribution in [1.29, 1.82) is 0 Å². The third kappa shape index (κ3) is 4.37. The Morgan fingerprint density at radius 1 is 1.57 bits per heavy atom. The van der Waals surface area contributed by atoms with E-state index in [1.807, 2.05) is 0 Å². The molecular formula is C14H20N4O2S. The van der Waals surface area contributed by atoms with Crippen molar-refractivity contribution in [3.8, 4) is 5.88 Å². The Labute approximate surface area is 129 Å². The number of ether oxygens (including phenoxy) is 1. The van der Waals surface area contributed by atoms with Crippen LogP contribution in [0.15, 0.2) is 18.3 Å². The minimum absolute atomic E-state index is 0.146. The molecule has 21 heavy (non-hydrogen) atoms. The number of rotatable bonds is 5. The van der Waals surface area contributed by atoms with Gasteiger partial charge in [-0.2, -0.15) is 0 Å². The largest absolute Gasteiger partial charge is 0.480 e. The van der Waals surface area contributed by atoms with Crippen LogP contribution in [0, 0.1) is 0 Å². The molecular weight excluding hydrogens is 288 g/mol. The van der Waals surface area contributed by atoms with Gasteiger partial charge in [-0.3, -0.25) is 9.69 Å². The molecule has 3 N–H and O–H groups in total. The zero-order valence-corrected chi connectivity index (χ0v) is 12.9. The van der Waals surface area contributed by atoms with Gasteiger partial charge in [-0.05, 0) is 25.0 Å². The maximum absolute atomic E-state index is 12.3. The van der Waals surface area contributed by atoms with Crippen molar-refractivity contribution in [2.45, 2.75) is 18.9 Å². The second kappa shape index (κ2) is 7.33. The average Bonchev–Trinajstić information content (AvgIpc) is 2.48. The lowest BCUT2D eigenvalue weighted by molar-refractivity contribution is 0.0911. The summed E-state index contributed by atoms with van der Waals surface area (Å²) < 4.78 is 5.11. The summed E-state index contributed by atoms with van der Waals surface area (Å²) >= 11 is 4.91. The van der Waals surface area contributed by atoms with E-state index in [1.165, 1.54) is 7.11 Å². The van der Waals surface area contributed by atoms with E-state index in [-0.39, 0.29) is 11.9 Å². The van der Waals surface area contributed by atoms with Crippen LogP contribution in [0.4, 0.5) is 0 Å². The molecule has 0 aromatic carbocycles. The number of nitrogens with one attached hydrogen (secondary N) is 1. The van der Waals surface area contributed by atoms with Crippen molar-refractivity contribution in [2.75, 3.05) is 26.7 Å². The fraction of sp³-hybridized carbons (Fsp3) is 0.500. The summed E-state index contributed by atoms with van der Waals surface area (Å²) in [4.78, 5) is 19.0. The van der Waals surface area contributed by atoms with Gasteiger partial charge in [0.15, 0.2) is 0 Å². The molecule has 0 saturated carbocycles. The van der Waals surface area contributed by atoms with Crippen molar-refractivity contribution in [2.24, 2.45) is 5.73 Å². The van der Waals surface area contributed by atoms with Crippen molar-refractivity contribution in [3.05, 3.63) is 23.9 Å². The number of hydrogen-bond acceptors (Lipinski definition) is 5. The Morgan fingerprint density at radius 3 is 2.90 bits per heavy atom. The second-order valence-corrected chi connectivity index (χ2v) is 5.57. The SMILES string of the molecule is COc1ncccc1C(=O)NC1CCN(CC(N)=S)CC1. The van der Waals surface area contributed by atoms with Crippen LogP contribution in [0.5, 0.6) is 5.88 Å². The molecule has 1 aromatic heterocycles. The minimum Gasteiger partial charge on any atom is -0.480 e. The summed E-state index contributed by atoms with van der Waals surface area (Å²) in [6.07, 6.45) is 3.37. The first kappa shape index (κ1) is 15.7. The number of carbonyl (C=O) groups excluding carboxylic acids is 1. The first-order chi connectivity index (χ1) is 10.1. The number of hydrogen-bond donors (Lipinski definition) is 2. The van der Waals surface area contributed by atoms with Crippen LogP contribution < -0.4 is 15.8 Å². The van der Waals surface area contributed by atoms with Crippen molar-refractivity contribution >= 4 is 23.1 Å². The lowest BCUT2D eigenvalue weighted by Gasteiger charge is -2.32. The maximum atomic E-state index is 12.3. The van der Waals surface area contributed by atoms with Gasteiger partial charge in [-0.15, -0.1) is 0 Å². The van der Waals surface area contributed by atoms with Gasteiger partial charge in [-0.25, -0.2) is 4.98 Å². The Bertz CT molecular complexity index is 515. The first-order valence-electron chi connectivity index (χ1n) is 6.90. The number of methoxy groups -OCH3 is 1. The van der Waals surface area contributed by atoms with Gasteiger partial charge in [-0.1, -0.05) is 12.2 Å². The second-order valence-electron chi connectivity index (χ2n) is 5.05. The van der Waals surface area contributed by atoms with E-state index < -0.39 is 0 Å². The molecule has 0 atom stereocenters. The Balaban J connectivity index is 1.88. The number of likely N-dealkylation sites (tertiary alicyclic amines) is 1. The number of piperidine rings is 1. The van der Waals surface area contributed by atoms with Gasteiger partial charge >= 0.3 is 0 Å². The topological polar surface area (TPSA) is 80.5 Å². The standard InChI is InChI=1S/C14H20N4O2S/c1-20-14-11(3-2-6-16-14)13(19)17-10-4-7-18(8-5-10)9-12(15)21/h2-3,6,10H,4-5,7-9H2,1H3,(H2,15,21)(H,17,19). The minimum atomic E-state index is -0.146. The highest BCUT2D eigenvalue weighted by molar-refractivity contribution is 7.80. The van der Waals surface area contributed by atoms with Crippen molar-refractivity contribution in [1.82, 2.24) is 15.2 Å². The number of aromatic nitrogens is 1. The number of nitrogens with two attached hydrogens (primary N) is 1. The smallest absolute Gasteiger partial charge is 0.256 e. The van der Waals surface area contributed by atoms with Crippen LogP contribution in [-0.4, -0.2) is 53.6 Å².